The van der Waals surface area contributed by atoms with Crippen LogP contribution >= 0.6 is 11.3 Å². The first kappa shape index (κ1) is 14.1. The Bertz CT molecular complexity index is 568. The third kappa shape index (κ3) is 3.86. The predicted octanol–water partition coefficient (Wildman–Crippen LogP) is 2.34. The predicted molar refractivity (Wildman–Crippen MR) is 76.1 cm³/mol. The normalized spacial score (nSPS) is 10.1. The number of hydrogen-bond donors (Lipinski definition) is 2. The quantitative estimate of drug-likeness (QED) is 0.763. The van der Waals surface area contributed by atoms with Gasteiger partial charge in [-0.3, -0.25) is 0 Å². The van der Waals surface area contributed by atoms with Gasteiger partial charge in [0.1, 0.15) is 18.1 Å². The fourth-order valence-corrected chi connectivity index (χ4v) is 2.17. The zero-order valence-corrected chi connectivity index (χ0v) is 11.6. The van der Waals surface area contributed by atoms with E-state index in [0.717, 1.165) is 11.5 Å². The summed E-state index contributed by atoms with van der Waals surface area (Å²) in [4.78, 5) is 14.6. The number of methoxy groups -OCH3 is 1. The van der Waals surface area contributed by atoms with Gasteiger partial charge in [0, 0.05) is 5.38 Å². The summed E-state index contributed by atoms with van der Waals surface area (Å²) >= 11 is 1.25. The number of carboxylic acids is 1. The van der Waals surface area contributed by atoms with Gasteiger partial charge in [0.05, 0.1) is 13.7 Å². The molecule has 0 aliphatic heterocycles. The van der Waals surface area contributed by atoms with Gasteiger partial charge in [0.25, 0.3) is 0 Å². The largest absolute Gasteiger partial charge is 0.497 e. The number of carbonyl (C=O) groups is 1. The number of hydrogen-bond acceptors (Lipinski definition) is 6. The summed E-state index contributed by atoms with van der Waals surface area (Å²) in [7, 11) is 1.61. The molecule has 0 unspecified atom stereocenters. The van der Waals surface area contributed by atoms with Gasteiger partial charge in [-0.25, -0.2) is 9.78 Å². The van der Waals surface area contributed by atoms with Crippen molar-refractivity contribution in [2.75, 3.05) is 25.6 Å². The van der Waals surface area contributed by atoms with Crippen LogP contribution in [0.15, 0.2) is 29.6 Å². The van der Waals surface area contributed by atoms with Crippen LogP contribution in [0.25, 0.3) is 0 Å². The molecule has 1 aromatic carbocycles. The van der Waals surface area contributed by atoms with E-state index in [0.29, 0.717) is 18.3 Å². The summed E-state index contributed by atoms with van der Waals surface area (Å²) in [6.07, 6.45) is 0. The number of nitrogens with one attached hydrogen (secondary N) is 1. The van der Waals surface area contributed by atoms with Crippen molar-refractivity contribution in [2.45, 2.75) is 0 Å². The number of ether oxygens (including phenoxy) is 2. The summed E-state index contributed by atoms with van der Waals surface area (Å²) in [5, 5.41) is 13.8. The minimum absolute atomic E-state index is 0.0496. The van der Waals surface area contributed by atoms with Crippen molar-refractivity contribution in [3.8, 4) is 11.5 Å². The van der Waals surface area contributed by atoms with E-state index in [9.17, 15) is 4.79 Å². The van der Waals surface area contributed by atoms with Crippen molar-refractivity contribution in [1.29, 1.82) is 0 Å². The SMILES string of the molecule is COc1ccc(OCCNc2nc(C(=O)O)cs2)cc1. The maximum atomic E-state index is 10.7. The lowest BCUT2D eigenvalue weighted by molar-refractivity contribution is 0.0691. The maximum Gasteiger partial charge on any atom is 0.355 e. The Morgan fingerprint density at radius 2 is 2.05 bits per heavy atom. The molecule has 1 aromatic heterocycles. The lowest BCUT2D eigenvalue weighted by atomic mass is 10.3. The standard InChI is InChI=1S/C13H14N2O4S/c1-18-9-2-4-10(5-3-9)19-7-6-14-13-15-11(8-20-13)12(16)17/h2-5,8H,6-7H2,1H3,(H,14,15)(H,16,17). The number of carboxylic acid groups (broad SMARTS) is 1. The molecular weight excluding hydrogens is 280 g/mol. The number of aromatic carboxylic acids is 1. The third-order valence-corrected chi connectivity index (χ3v) is 3.23. The maximum absolute atomic E-state index is 10.7. The van der Waals surface area contributed by atoms with Crippen molar-refractivity contribution in [1.82, 2.24) is 4.98 Å². The van der Waals surface area contributed by atoms with Crippen LogP contribution in [0, 0.1) is 0 Å². The number of anilines is 1. The number of rotatable bonds is 7. The zero-order valence-electron chi connectivity index (χ0n) is 10.8. The number of nitrogens with zero attached hydrogens (tertiary/aromatic N) is 1. The Kier molecular flexibility index (Phi) is 4.78. The lowest BCUT2D eigenvalue weighted by Gasteiger charge is -2.07. The van der Waals surface area contributed by atoms with Crippen molar-refractivity contribution < 1.29 is 19.4 Å². The van der Waals surface area contributed by atoms with E-state index in [2.05, 4.69) is 10.3 Å². The van der Waals surface area contributed by atoms with Gasteiger partial charge >= 0.3 is 5.97 Å². The molecule has 0 saturated carbocycles. The Morgan fingerprint density at radius 1 is 1.35 bits per heavy atom. The topological polar surface area (TPSA) is 80.7 Å². The van der Waals surface area contributed by atoms with Crippen LogP contribution in [0.4, 0.5) is 5.13 Å². The highest BCUT2D eigenvalue weighted by atomic mass is 32.1. The van der Waals surface area contributed by atoms with E-state index < -0.39 is 5.97 Å². The molecule has 1 heterocycles. The van der Waals surface area contributed by atoms with Gasteiger partial charge in [-0.15, -0.1) is 11.3 Å². The fourth-order valence-electron chi connectivity index (χ4n) is 1.45. The van der Waals surface area contributed by atoms with E-state index in [1.165, 1.54) is 16.7 Å². The average molecular weight is 294 g/mol. The second-order valence-corrected chi connectivity index (χ2v) is 4.65. The third-order valence-electron chi connectivity index (χ3n) is 2.43. The van der Waals surface area contributed by atoms with Crippen LogP contribution in [0.1, 0.15) is 10.5 Å². The van der Waals surface area contributed by atoms with Crippen LogP contribution in [-0.2, 0) is 0 Å². The van der Waals surface area contributed by atoms with Gasteiger partial charge in [-0.05, 0) is 24.3 Å². The fraction of sp³-hybridized carbons (Fsp3) is 0.231. The highest BCUT2D eigenvalue weighted by molar-refractivity contribution is 7.13. The smallest absolute Gasteiger partial charge is 0.355 e. The molecule has 0 fully saturated rings. The molecule has 6 nitrogen and oxygen atoms in total. The summed E-state index contributed by atoms with van der Waals surface area (Å²) in [6.45, 7) is 0.993. The Hall–Kier alpha value is -2.28. The van der Waals surface area contributed by atoms with E-state index in [-0.39, 0.29) is 5.69 Å². The highest BCUT2D eigenvalue weighted by Gasteiger charge is 2.07. The first-order valence-electron chi connectivity index (χ1n) is 5.88. The van der Waals surface area contributed by atoms with E-state index >= 15 is 0 Å². The minimum atomic E-state index is -1.02. The molecule has 2 rings (SSSR count). The molecular formula is C13H14N2O4S. The molecule has 0 radical (unpaired) electrons. The first-order valence-corrected chi connectivity index (χ1v) is 6.76. The first-order chi connectivity index (χ1) is 9.69. The van der Waals surface area contributed by atoms with Crippen LogP contribution < -0.4 is 14.8 Å². The summed E-state index contributed by atoms with van der Waals surface area (Å²) in [6, 6.07) is 7.29. The van der Waals surface area contributed by atoms with Crippen molar-refractivity contribution in [2.24, 2.45) is 0 Å². The van der Waals surface area contributed by atoms with E-state index in [1.54, 1.807) is 7.11 Å². The molecule has 20 heavy (non-hydrogen) atoms. The van der Waals surface area contributed by atoms with Crippen molar-refractivity contribution >= 4 is 22.4 Å². The molecule has 106 valence electrons. The average Bonchev–Trinajstić information content (AvgIpc) is 2.93. The number of aromatic nitrogens is 1. The molecule has 0 saturated heterocycles. The zero-order chi connectivity index (χ0) is 14.4. The Balaban J connectivity index is 1.73. The molecule has 0 bridgehead atoms. The van der Waals surface area contributed by atoms with Crippen LogP contribution in [0.3, 0.4) is 0 Å². The monoisotopic (exact) mass is 294 g/mol. The Morgan fingerprint density at radius 3 is 2.65 bits per heavy atom. The van der Waals surface area contributed by atoms with Crippen LogP contribution in [-0.4, -0.2) is 36.3 Å². The molecule has 0 aliphatic rings. The van der Waals surface area contributed by atoms with Crippen LogP contribution in [0.5, 0.6) is 11.5 Å². The van der Waals surface area contributed by atoms with Gasteiger partial charge < -0.3 is 19.9 Å². The summed E-state index contributed by atoms with van der Waals surface area (Å²) < 4.78 is 10.6. The van der Waals surface area contributed by atoms with Gasteiger partial charge in [-0.1, -0.05) is 0 Å². The second kappa shape index (κ2) is 6.76. The number of thiazole rings is 1. The van der Waals surface area contributed by atoms with Crippen molar-refractivity contribution in [3.05, 3.63) is 35.3 Å². The molecule has 0 spiro atoms. The molecule has 2 N–H and O–H groups in total. The van der Waals surface area contributed by atoms with Crippen molar-refractivity contribution in [3.63, 3.8) is 0 Å². The second-order valence-electron chi connectivity index (χ2n) is 3.79. The molecule has 0 aliphatic carbocycles. The van der Waals surface area contributed by atoms with Gasteiger partial charge in [0.15, 0.2) is 10.8 Å². The van der Waals surface area contributed by atoms with E-state index in [1.807, 2.05) is 24.3 Å². The highest BCUT2D eigenvalue weighted by Crippen LogP contribution is 2.17. The molecule has 0 amide bonds. The number of benzene rings is 1. The lowest BCUT2D eigenvalue weighted by Crippen LogP contribution is -2.11. The van der Waals surface area contributed by atoms with Gasteiger partial charge in [-0.2, -0.15) is 0 Å². The summed E-state index contributed by atoms with van der Waals surface area (Å²) in [5.41, 5.74) is 0.0496. The molecule has 0 atom stereocenters. The molecule has 2 aromatic rings. The van der Waals surface area contributed by atoms with Crippen LogP contribution in [0.2, 0.25) is 0 Å². The Labute approximate surface area is 120 Å². The minimum Gasteiger partial charge on any atom is -0.497 e. The molecule has 7 heteroatoms. The van der Waals surface area contributed by atoms with E-state index in [4.69, 9.17) is 14.6 Å². The van der Waals surface area contributed by atoms with Gasteiger partial charge in [0.2, 0.25) is 0 Å². The summed E-state index contributed by atoms with van der Waals surface area (Å²) in [5.74, 6) is 0.501.